The zero-order chi connectivity index (χ0) is 19.6. The fraction of sp³-hybridized carbons (Fsp3) is 0.273. The lowest BCUT2D eigenvalue weighted by atomic mass is 9.87. The van der Waals surface area contributed by atoms with E-state index in [-0.39, 0.29) is 11.3 Å². The number of nitrogens with one attached hydrogen (secondary N) is 2. The first-order valence-electron chi connectivity index (χ1n) is 8.93. The van der Waals surface area contributed by atoms with Gasteiger partial charge in [-0.25, -0.2) is 4.98 Å². The van der Waals surface area contributed by atoms with Crippen LogP contribution in [0.4, 0.5) is 10.8 Å². The van der Waals surface area contributed by atoms with Crippen LogP contribution < -0.4 is 10.6 Å². The molecule has 3 aromatic rings. The first kappa shape index (κ1) is 19.1. The van der Waals surface area contributed by atoms with Crippen molar-refractivity contribution in [2.24, 2.45) is 0 Å². The maximum Gasteiger partial charge on any atom is 0.230 e. The molecule has 0 atom stereocenters. The Hall–Kier alpha value is -2.66. The molecular weight excluding hydrogens is 354 g/mol. The summed E-state index contributed by atoms with van der Waals surface area (Å²) in [5, 5.41) is 6.72. The summed E-state index contributed by atoms with van der Waals surface area (Å²) in [6.45, 7) is 12.3. The summed E-state index contributed by atoms with van der Waals surface area (Å²) in [6.07, 6.45) is 0.316. The summed E-state index contributed by atoms with van der Waals surface area (Å²) in [4.78, 5) is 16.9. The Labute approximate surface area is 164 Å². The van der Waals surface area contributed by atoms with Gasteiger partial charge in [-0.05, 0) is 47.7 Å². The van der Waals surface area contributed by atoms with Crippen molar-refractivity contribution in [2.45, 2.75) is 39.5 Å². The van der Waals surface area contributed by atoms with Crippen molar-refractivity contribution < 1.29 is 4.79 Å². The van der Waals surface area contributed by atoms with Crippen LogP contribution in [0.15, 0.2) is 54.7 Å². The molecule has 0 bridgehead atoms. The van der Waals surface area contributed by atoms with Gasteiger partial charge in [0.2, 0.25) is 5.91 Å². The van der Waals surface area contributed by atoms with Gasteiger partial charge in [0.25, 0.3) is 0 Å². The van der Waals surface area contributed by atoms with Crippen molar-refractivity contribution >= 4 is 38.3 Å². The molecule has 0 aliphatic rings. The van der Waals surface area contributed by atoms with Gasteiger partial charge in [0, 0.05) is 11.4 Å². The predicted octanol–water partition coefficient (Wildman–Crippen LogP) is 5.72. The van der Waals surface area contributed by atoms with Crippen molar-refractivity contribution in [3.8, 4) is 0 Å². The maximum atomic E-state index is 12.4. The third-order valence-electron chi connectivity index (χ3n) is 4.18. The van der Waals surface area contributed by atoms with Gasteiger partial charge in [-0.1, -0.05) is 56.9 Å². The van der Waals surface area contributed by atoms with Crippen LogP contribution in [0.25, 0.3) is 10.2 Å². The number of amides is 1. The molecule has 3 rings (SSSR count). The Bertz CT molecular complexity index is 981. The van der Waals surface area contributed by atoms with Crippen LogP contribution in [-0.2, 0) is 16.6 Å². The minimum atomic E-state index is -0.0642. The summed E-state index contributed by atoms with van der Waals surface area (Å²) in [7, 11) is 0. The number of carbonyl (C=O) groups is 1. The number of nitrogens with zero attached hydrogens (tertiary/aromatic N) is 1. The van der Waals surface area contributed by atoms with Crippen LogP contribution in [0.5, 0.6) is 0 Å². The standard InChI is InChI=1S/C22H25N3OS/c1-14(2)23-17-9-6-15(7-10-17)12-20(26)25-21-24-18-11-8-16(22(3,4)5)13-19(18)27-21/h6-11,13,23H,1,12H2,2-5H3,(H,24,25,26). The number of hydrogen-bond acceptors (Lipinski definition) is 4. The van der Waals surface area contributed by atoms with Crippen molar-refractivity contribution in [3.63, 3.8) is 0 Å². The van der Waals surface area contributed by atoms with Crippen LogP contribution in [0.1, 0.15) is 38.8 Å². The number of benzene rings is 2. The quantitative estimate of drug-likeness (QED) is 0.596. The number of rotatable bonds is 5. The number of allylic oxidation sites excluding steroid dienone is 1. The van der Waals surface area contributed by atoms with Crippen molar-refractivity contribution in [2.75, 3.05) is 10.6 Å². The molecule has 27 heavy (non-hydrogen) atoms. The van der Waals surface area contributed by atoms with E-state index < -0.39 is 0 Å². The summed E-state index contributed by atoms with van der Waals surface area (Å²) < 4.78 is 1.09. The Morgan fingerprint density at radius 1 is 1.11 bits per heavy atom. The van der Waals surface area contributed by atoms with Crippen LogP contribution in [0.2, 0.25) is 0 Å². The highest BCUT2D eigenvalue weighted by Gasteiger charge is 2.15. The second-order valence-electron chi connectivity index (χ2n) is 7.78. The topological polar surface area (TPSA) is 54.0 Å². The molecule has 2 N–H and O–H groups in total. The van der Waals surface area contributed by atoms with Crippen LogP contribution >= 0.6 is 11.3 Å². The first-order chi connectivity index (χ1) is 12.7. The largest absolute Gasteiger partial charge is 0.360 e. The van der Waals surface area contributed by atoms with E-state index in [1.54, 1.807) is 0 Å². The number of aromatic nitrogens is 1. The first-order valence-corrected chi connectivity index (χ1v) is 9.75. The van der Waals surface area contributed by atoms with E-state index in [4.69, 9.17) is 0 Å². The van der Waals surface area contributed by atoms with Crippen LogP contribution in [-0.4, -0.2) is 10.9 Å². The molecule has 4 nitrogen and oxygen atoms in total. The molecule has 0 aliphatic carbocycles. The van der Waals surface area contributed by atoms with Gasteiger partial charge in [0.05, 0.1) is 16.6 Å². The Kier molecular flexibility index (Phi) is 5.33. The van der Waals surface area contributed by atoms with Gasteiger partial charge < -0.3 is 10.6 Å². The molecule has 1 aromatic heterocycles. The fourth-order valence-corrected chi connectivity index (χ4v) is 3.67. The molecule has 0 spiro atoms. The molecule has 1 heterocycles. The zero-order valence-electron chi connectivity index (χ0n) is 16.2. The van der Waals surface area contributed by atoms with Crippen molar-refractivity contribution in [3.05, 3.63) is 65.9 Å². The second kappa shape index (κ2) is 7.53. The minimum absolute atomic E-state index is 0.0642. The molecule has 0 radical (unpaired) electrons. The number of anilines is 2. The predicted molar refractivity (Wildman–Crippen MR) is 116 cm³/mol. The summed E-state index contributed by atoms with van der Waals surface area (Å²) in [5.74, 6) is -0.0642. The third-order valence-corrected chi connectivity index (χ3v) is 5.11. The van der Waals surface area contributed by atoms with E-state index in [2.05, 4.69) is 55.1 Å². The Morgan fingerprint density at radius 2 is 1.81 bits per heavy atom. The van der Waals surface area contributed by atoms with Crippen LogP contribution in [0, 0.1) is 0 Å². The molecule has 2 aromatic carbocycles. The summed E-state index contributed by atoms with van der Waals surface area (Å²) in [6, 6.07) is 14.1. The van der Waals surface area contributed by atoms with Gasteiger partial charge in [-0.3, -0.25) is 4.79 Å². The lowest BCUT2D eigenvalue weighted by Crippen LogP contribution is -2.14. The SMILES string of the molecule is C=C(C)Nc1ccc(CC(=O)Nc2nc3ccc(C(C)(C)C)cc3s2)cc1. The van der Waals surface area contributed by atoms with Gasteiger partial charge >= 0.3 is 0 Å². The zero-order valence-corrected chi connectivity index (χ0v) is 17.0. The van der Waals surface area contributed by atoms with E-state index >= 15 is 0 Å². The molecule has 0 unspecified atom stereocenters. The molecule has 0 saturated carbocycles. The van der Waals surface area contributed by atoms with Gasteiger partial charge in [0.1, 0.15) is 0 Å². The van der Waals surface area contributed by atoms with Gasteiger partial charge in [0.15, 0.2) is 5.13 Å². The molecule has 5 heteroatoms. The highest BCUT2D eigenvalue weighted by molar-refractivity contribution is 7.22. The lowest BCUT2D eigenvalue weighted by molar-refractivity contribution is -0.115. The molecule has 0 aliphatic heterocycles. The summed E-state index contributed by atoms with van der Waals surface area (Å²) in [5.41, 5.74) is 5.07. The van der Waals surface area contributed by atoms with E-state index in [1.807, 2.05) is 37.3 Å². The maximum absolute atomic E-state index is 12.4. The molecule has 0 fully saturated rings. The minimum Gasteiger partial charge on any atom is -0.360 e. The van der Waals surface area contributed by atoms with Crippen molar-refractivity contribution in [1.82, 2.24) is 4.98 Å². The lowest BCUT2D eigenvalue weighted by Gasteiger charge is -2.18. The Balaban J connectivity index is 1.67. The van der Waals surface area contributed by atoms with Crippen molar-refractivity contribution in [1.29, 1.82) is 0 Å². The molecule has 1 amide bonds. The monoisotopic (exact) mass is 379 g/mol. The fourth-order valence-electron chi connectivity index (χ4n) is 2.75. The molecule has 140 valence electrons. The number of carbonyl (C=O) groups excluding carboxylic acids is 1. The van der Waals surface area contributed by atoms with E-state index in [0.29, 0.717) is 11.6 Å². The highest BCUT2D eigenvalue weighted by atomic mass is 32.1. The Morgan fingerprint density at radius 3 is 2.44 bits per heavy atom. The van der Waals surface area contributed by atoms with E-state index in [9.17, 15) is 4.79 Å². The molecular formula is C22H25N3OS. The average molecular weight is 380 g/mol. The number of thiazole rings is 1. The normalized spacial score (nSPS) is 11.4. The average Bonchev–Trinajstić information content (AvgIpc) is 2.96. The summed E-state index contributed by atoms with van der Waals surface area (Å²) >= 11 is 1.51. The van der Waals surface area contributed by atoms with Gasteiger partial charge in [-0.2, -0.15) is 0 Å². The third kappa shape index (κ3) is 4.95. The highest BCUT2D eigenvalue weighted by Crippen LogP contribution is 2.31. The van der Waals surface area contributed by atoms with Gasteiger partial charge in [-0.15, -0.1) is 0 Å². The van der Waals surface area contributed by atoms with Crippen LogP contribution in [0.3, 0.4) is 0 Å². The number of fused-ring (bicyclic) bond motifs is 1. The molecule has 0 saturated heterocycles. The smallest absolute Gasteiger partial charge is 0.230 e. The number of hydrogen-bond donors (Lipinski definition) is 2. The van der Waals surface area contributed by atoms with E-state index in [0.717, 1.165) is 27.2 Å². The van der Waals surface area contributed by atoms with E-state index in [1.165, 1.54) is 16.9 Å². The second-order valence-corrected chi connectivity index (χ2v) is 8.81.